The van der Waals surface area contributed by atoms with E-state index in [9.17, 15) is 24.3 Å². The second-order valence-electron chi connectivity index (χ2n) is 9.60. The maximum Gasteiger partial charge on any atom is 0.309 e. The minimum Gasteiger partial charge on any atom is -1.00 e. The Hall–Kier alpha value is -1.87. The molecular weight excluding hydrogens is 464 g/mol. The van der Waals surface area contributed by atoms with E-state index >= 15 is 0 Å². The van der Waals surface area contributed by atoms with E-state index in [0.29, 0.717) is 6.42 Å². The van der Waals surface area contributed by atoms with Gasteiger partial charge in [0, 0.05) is 20.0 Å². The van der Waals surface area contributed by atoms with Gasteiger partial charge < -0.3 is 36.4 Å². The number of methoxy groups -OCH3 is 1. The van der Waals surface area contributed by atoms with E-state index in [1.807, 2.05) is 6.92 Å². The fourth-order valence-corrected chi connectivity index (χ4v) is 4.69. The Labute approximate surface area is 210 Å². The van der Waals surface area contributed by atoms with Crippen LogP contribution in [-0.2, 0) is 28.7 Å². The molecule has 0 bridgehead atoms. The molecule has 1 amide bonds. The summed E-state index contributed by atoms with van der Waals surface area (Å²) in [4.78, 5) is 50.9. The molecule has 1 heterocycles. The molecule has 10 heteroatoms. The van der Waals surface area contributed by atoms with Crippen molar-refractivity contribution in [2.45, 2.75) is 59.5 Å². The molecule has 1 aliphatic heterocycles. The molecule has 9 nitrogen and oxygen atoms in total. The van der Waals surface area contributed by atoms with E-state index in [2.05, 4.69) is 13.8 Å². The molecule has 0 aromatic rings. The molecule has 1 aliphatic rings. The van der Waals surface area contributed by atoms with Crippen LogP contribution in [0.2, 0.25) is 0 Å². The number of likely N-dealkylation sites (N-methyl/N-ethyl adjacent to an activating group) is 1. The molecule has 0 aromatic heterocycles. The number of carbonyl (C=O) groups is 4. The second kappa shape index (κ2) is 14.5. The van der Waals surface area contributed by atoms with Gasteiger partial charge >= 0.3 is 17.9 Å². The average Bonchev–Trinajstić information content (AvgIpc) is 2.76. The van der Waals surface area contributed by atoms with Crippen LogP contribution in [0.4, 0.5) is 0 Å². The predicted molar refractivity (Wildman–Crippen MR) is 123 cm³/mol. The van der Waals surface area contributed by atoms with Crippen LogP contribution < -0.4 is 12.4 Å². The van der Waals surface area contributed by atoms with Crippen molar-refractivity contribution in [1.29, 1.82) is 0 Å². The van der Waals surface area contributed by atoms with Gasteiger partial charge in [0.25, 0.3) is 0 Å². The lowest BCUT2D eigenvalue weighted by molar-refractivity contribution is -0.968. The van der Waals surface area contributed by atoms with Gasteiger partial charge in [0.15, 0.2) is 6.10 Å². The molecule has 0 radical (unpaired) electrons. The predicted octanol–water partition coefficient (Wildman–Crippen LogP) is -0.817. The van der Waals surface area contributed by atoms with Crippen LogP contribution in [0, 0.1) is 23.7 Å². The van der Waals surface area contributed by atoms with E-state index in [0.717, 1.165) is 30.7 Å². The first-order valence-electron chi connectivity index (χ1n) is 12.0. The summed E-state index contributed by atoms with van der Waals surface area (Å²) in [5.41, 5.74) is 0. The summed E-state index contributed by atoms with van der Waals surface area (Å²) in [5.74, 6) is -4.76. The quantitative estimate of drug-likeness (QED) is 0.242. The van der Waals surface area contributed by atoms with E-state index in [4.69, 9.17) is 9.47 Å². The highest BCUT2D eigenvalue weighted by atomic mass is 35.5. The SMILES string of the molecule is CCC(CC(CC(CC(C)C(=O)OC)C(=O)O)C(=O)N(C)C)C(=O)OC1C[N+](CC)(CC)C1.[Cl-]. The highest BCUT2D eigenvalue weighted by molar-refractivity contribution is 5.81. The molecule has 1 rings (SSSR count). The Bertz CT molecular complexity index is 689. The summed E-state index contributed by atoms with van der Waals surface area (Å²) in [5, 5.41) is 9.73. The van der Waals surface area contributed by atoms with E-state index < -0.39 is 35.6 Å². The third kappa shape index (κ3) is 8.73. The molecule has 34 heavy (non-hydrogen) atoms. The number of amides is 1. The lowest BCUT2D eigenvalue weighted by atomic mass is 9.82. The van der Waals surface area contributed by atoms with Crippen LogP contribution in [0.15, 0.2) is 0 Å². The summed E-state index contributed by atoms with van der Waals surface area (Å²) in [6.45, 7) is 11.4. The number of hydrogen-bond donors (Lipinski definition) is 1. The van der Waals surface area contributed by atoms with Crippen LogP contribution in [-0.4, -0.2) is 91.8 Å². The number of carboxylic acids is 1. The monoisotopic (exact) mass is 506 g/mol. The highest BCUT2D eigenvalue weighted by Gasteiger charge is 2.44. The molecule has 4 unspecified atom stereocenters. The third-order valence-electron chi connectivity index (χ3n) is 7.15. The number of halogens is 1. The Morgan fingerprint density at radius 2 is 1.47 bits per heavy atom. The maximum absolute atomic E-state index is 12.9. The molecule has 4 atom stereocenters. The average molecular weight is 507 g/mol. The molecule has 1 N–H and O–H groups in total. The first kappa shape index (κ1) is 32.1. The third-order valence-corrected chi connectivity index (χ3v) is 7.15. The van der Waals surface area contributed by atoms with Crippen LogP contribution in [0.1, 0.15) is 53.4 Å². The van der Waals surface area contributed by atoms with Crippen molar-refractivity contribution in [2.75, 3.05) is 47.4 Å². The van der Waals surface area contributed by atoms with Crippen LogP contribution in [0.25, 0.3) is 0 Å². The fourth-order valence-electron chi connectivity index (χ4n) is 4.69. The first-order chi connectivity index (χ1) is 15.4. The Morgan fingerprint density at radius 3 is 1.88 bits per heavy atom. The lowest BCUT2D eigenvalue weighted by Crippen LogP contribution is -3.00. The van der Waals surface area contributed by atoms with Gasteiger partial charge in [-0.2, -0.15) is 0 Å². The summed E-state index contributed by atoms with van der Waals surface area (Å²) >= 11 is 0. The van der Waals surface area contributed by atoms with Crippen molar-refractivity contribution in [2.24, 2.45) is 23.7 Å². The number of rotatable bonds is 14. The van der Waals surface area contributed by atoms with Crippen molar-refractivity contribution in [3.8, 4) is 0 Å². The minimum atomic E-state index is -1.07. The van der Waals surface area contributed by atoms with Crippen molar-refractivity contribution in [3.05, 3.63) is 0 Å². The fraction of sp³-hybridized carbons (Fsp3) is 0.833. The Morgan fingerprint density at radius 1 is 0.941 bits per heavy atom. The van der Waals surface area contributed by atoms with Gasteiger partial charge in [-0.3, -0.25) is 19.2 Å². The zero-order valence-electron chi connectivity index (χ0n) is 21.7. The van der Waals surface area contributed by atoms with Gasteiger partial charge in [0.05, 0.1) is 38.0 Å². The summed E-state index contributed by atoms with van der Waals surface area (Å²) in [6.07, 6.45) is 0.725. The molecule has 0 spiro atoms. The maximum atomic E-state index is 12.9. The van der Waals surface area contributed by atoms with Crippen molar-refractivity contribution in [3.63, 3.8) is 0 Å². The number of esters is 2. The van der Waals surface area contributed by atoms with E-state index in [1.54, 1.807) is 21.0 Å². The normalized spacial score (nSPS) is 18.3. The minimum absolute atomic E-state index is 0. The van der Waals surface area contributed by atoms with Crippen molar-refractivity contribution >= 4 is 23.8 Å². The zero-order chi connectivity index (χ0) is 25.3. The molecule has 1 saturated heterocycles. The smallest absolute Gasteiger partial charge is 0.309 e. The van der Waals surface area contributed by atoms with Crippen molar-refractivity contribution in [1.82, 2.24) is 4.90 Å². The van der Waals surface area contributed by atoms with Crippen molar-refractivity contribution < 1.29 is 50.6 Å². The number of quaternary nitrogens is 1. The van der Waals surface area contributed by atoms with Crippen LogP contribution in [0.3, 0.4) is 0 Å². The lowest BCUT2D eigenvalue weighted by Gasteiger charge is -2.48. The number of likely N-dealkylation sites (tertiary alicyclic amines) is 1. The van der Waals surface area contributed by atoms with Crippen LogP contribution >= 0.6 is 0 Å². The summed E-state index contributed by atoms with van der Waals surface area (Å²) in [6, 6.07) is 0. The van der Waals surface area contributed by atoms with E-state index in [-0.39, 0.29) is 49.6 Å². The highest BCUT2D eigenvalue weighted by Crippen LogP contribution is 2.30. The largest absolute Gasteiger partial charge is 1.00 e. The number of carbonyl (C=O) groups excluding carboxylic acids is 3. The van der Waals surface area contributed by atoms with Crippen LogP contribution in [0.5, 0.6) is 0 Å². The second-order valence-corrected chi connectivity index (χ2v) is 9.60. The van der Waals surface area contributed by atoms with Gasteiger partial charge in [0.2, 0.25) is 5.91 Å². The Balaban J connectivity index is 0.0000109. The van der Waals surface area contributed by atoms with Gasteiger partial charge in [-0.05, 0) is 39.5 Å². The number of aliphatic carboxylic acids is 1. The summed E-state index contributed by atoms with van der Waals surface area (Å²) < 4.78 is 11.4. The number of carboxylic acid groups (broad SMARTS) is 1. The molecule has 0 saturated carbocycles. The number of nitrogens with zero attached hydrogens (tertiary/aromatic N) is 2. The molecule has 0 aromatic carbocycles. The van der Waals surface area contributed by atoms with E-state index in [1.165, 1.54) is 12.0 Å². The standard InChI is InChI=1S/C24H42N2O7.ClH/c1-8-17(24(31)33-20-14-26(9-2,10-3)15-20)12-18(21(27)25(5)6)13-19(22(28)29)11-16(4)23(30)32-7;/h16-20H,8-15H2,1-7H3;1H. The van der Waals surface area contributed by atoms with Gasteiger partial charge in [-0.25, -0.2) is 0 Å². The number of ether oxygens (including phenoxy) is 2. The Kier molecular flexibility index (Phi) is 13.7. The topological polar surface area (TPSA) is 110 Å². The first-order valence-corrected chi connectivity index (χ1v) is 12.0. The van der Waals surface area contributed by atoms with Gasteiger partial charge in [-0.15, -0.1) is 0 Å². The van der Waals surface area contributed by atoms with Gasteiger partial charge in [-0.1, -0.05) is 13.8 Å². The van der Waals surface area contributed by atoms with Gasteiger partial charge in [0.1, 0.15) is 13.1 Å². The summed E-state index contributed by atoms with van der Waals surface area (Å²) in [7, 11) is 4.49. The zero-order valence-corrected chi connectivity index (χ0v) is 22.5. The number of hydrogen-bond acceptors (Lipinski definition) is 6. The molecule has 1 fully saturated rings. The molecule has 0 aliphatic carbocycles. The molecule has 198 valence electrons. The molecular formula is C24H43ClN2O7.